The lowest BCUT2D eigenvalue weighted by Gasteiger charge is -2.02. The molecular formula is C21H17BrFN5O2. The molecule has 0 aliphatic heterocycles. The van der Waals surface area contributed by atoms with Gasteiger partial charge < -0.3 is 10.1 Å². The van der Waals surface area contributed by atoms with Gasteiger partial charge in [0.05, 0.1) is 23.8 Å². The SMILES string of the molecule is COc1cccc(-c2cc(C(=O)Nc3nn(Cc4ccc(F)cc4)cc3Br)[nH]n2)c1. The molecule has 0 atom stereocenters. The molecule has 1 amide bonds. The highest BCUT2D eigenvalue weighted by atomic mass is 79.9. The zero-order valence-electron chi connectivity index (χ0n) is 15.9. The van der Waals surface area contributed by atoms with Gasteiger partial charge in [-0.05, 0) is 51.8 Å². The molecular weight excluding hydrogens is 453 g/mol. The summed E-state index contributed by atoms with van der Waals surface area (Å²) in [4.78, 5) is 12.6. The second-order valence-electron chi connectivity index (χ2n) is 6.50. The molecule has 0 bridgehead atoms. The summed E-state index contributed by atoms with van der Waals surface area (Å²) in [6.07, 6.45) is 1.74. The predicted octanol–water partition coefficient (Wildman–Crippen LogP) is 4.48. The Bertz CT molecular complexity index is 1190. The van der Waals surface area contributed by atoms with E-state index in [0.717, 1.165) is 11.1 Å². The number of carbonyl (C=O) groups excluding carboxylic acids is 1. The summed E-state index contributed by atoms with van der Waals surface area (Å²) in [6, 6.07) is 15.2. The van der Waals surface area contributed by atoms with Crippen LogP contribution >= 0.6 is 15.9 Å². The smallest absolute Gasteiger partial charge is 0.274 e. The molecule has 30 heavy (non-hydrogen) atoms. The Kier molecular flexibility index (Phi) is 5.62. The van der Waals surface area contributed by atoms with Crippen molar-refractivity contribution >= 4 is 27.7 Å². The number of H-pyrrole nitrogens is 1. The standard InChI is InChI=1S/C21H17BrFN5O2/c1-30-16-4-2-3-14(9-16)18-10-19(26-25-18)21(29)24-20-17(22)12-28(27-20)11-13-5-7-15(23)8-6-13/h2-10,12H,11H2,1H3,(H,25,26)(H,24,27,29). The average molecular weight is 470 g/mol. The van der Waals surface area contributed by atoms with Crippen LogP contribution in [0.4, 0.5) is 10.2 Å². The fourth-order valence-corrected chi connectivity index (χ4v) is 3.30. The van der Waals surface area contributed by atoms with E-state index in [1.54, 1.807) is 36.2 Å². The molecule has 0 saturated carbocycles. The molecule has 2 heterocycles. The van der Waals surface area contributed by atoms with Crippen LogP contribution in [0.15, 0.2) is 65.3 Å². The van der Waals surface area contributed by atoms with Crippen LogP contribution in [0.1, 0.15) is 16.1 Å². The second kappa shape index (κ2) is 8.50. The number of halogens is 2. The maximum absolute atomic E-state index is 13.1. The van der Waals surface area contributed by atoms with Gasteiger partial charge in [-0.15, -0.1) is 0 Å². The topological polar surface area (TPSA) is 84.8 Å². The Morgan fingerprint density at radius 2 is 2.03 bits per heavy atom. The molecule has 4 aromatic rings. The minimum absolute atomic E-state index is 0.291. The van der Waals surface area contributed by atoms with Crippen molar-refractivity contribution in [3.05, 3.63) is 82.3 Å². The Hall–Kier alpha value is -3.46. The molecule has 2 N–H and O–H groups in total. The highest BCUT2D eigenvalue weighted by molar-refractivity contribution is 9.10. The summed E-state index contributed by atoms with van der Waals surface area (Å²) < 4.78 is 20.6. The molecule has 0 saturated heterocycles. The van der Waals surface area contributed by atoms with E-state index < -0.39 is 0 Å². The van der Waals surface area contributed by atoms with Crippen molar-refractivity contribution in [2.45, 2.75) is 6.54 Å². The van der Waals surface area contributed by atoms with Crippen LogP contribution in [0, 0.1) is 5.82 Å². The molecule has 7 nitrogen and oxygen atoms in total. The Morgan fingerprint density at radius 3 is 2.80 bits per heavy atom. The first-order valence-corrected chi connectivity index (χ1v) is 9.80. The molecule has 2 aromatic heterocycles. The molecule has 0 aliphatic carbocycles. The number of rotatable bonds is 6. The maximum Gasteiger partial charge on any atom is 0.274 e. The number of carbonyl (C=O) groups is 1. The summed E-state index contributed by atoms with van der Waals surface area (Å²) in [7, 11) is 1.59. The molecule has 2 aromatic carbocycles. The number of hydrogen-bond donors (Lipinski definition) is 2. The van der Waals surface area contributed by atoms with Gasteiger partial charge in [0.25, 0.3) is 5.91 Å². The number of nitrogens with one attached hydrogen (secondary N) is 2. The largest absolute Gasteiger partial charge is 0.497 e. The van der Waals surface area contributed by atoms with Gasteiger partial charge >= 0.3 is 0 Å². The monoisotopic (exact) mass is 469 g/mol. The zero-order valence-corrected chi connectivity index (χ0v) is 17.5. The first-order chi connectivity index (χ1) is 14.5. The van der Waals surface area contributed by atoms with E-state index in [1.165, 1.54) is 12.1 Å². The van der Waals surface area contributed by atoms with E-state index in [4.69, 9.17) is 4.74 Å². The van der Waals surface area contributed by atoms with E-state index >= 15 is 0 Å². The number of hydrogen-bond acceptors (Lipinski definition) is 4. The third kappa shape index (κ3) is 4.41. The van der Waals surface area contributed by atoms with Crippen LogP contribution in [0.3, 0.4) is 0 Å². The van der Waals surface area contributed by atoms with Gasteiger partial charge in [0.2, 0.25) is 0 Å². The number of anilines is 1. The molecule has 4 rings (SSSR count). The van der Waals surface area contributed by atoms with E-state index in [2.05, 4.69) is 36.5 Å². The third-order valence-corrected chi connectivity index (χ3v) is 4.98. The van der Waals surface area contributed by atoms with Gasteiger partial charge in [-0.3, -0.25) is 14.6 Å². The van der Waals surface area contributed by atoms with Crippen molar-refractivity contribution < 1.29 is 13.9 Å². The normalized spacial score (nSPS) is 10.8. The molecule has 0 unspecified atom stereocenters. The van der Waals surface area contributed by atoms with Crippen molar-refractivity contribution in [3.63, 3.8) is 0 Å². The summed E-state index contributed by atoms with van der Waals surface area (Å²) in [5.74, 6) is 0.419. The van der Waals surface area contributed by atoms with E-state index in [1.807, 2.05) is 24.3 Å². The first-order valence-electron chi connectivity index (χ1n) is 9.00. The Labute approximate surface area is 180 Å². The number of nitrogens with zero attached hydrogens (tertiary/aromatic N) is 3. The first kappa shape index (κ1) is 19.8. The van der Waals surface area contributed by atoms with Crippen LogP contribution in [-0.4, -0.2) is 33.0 Å². The van der Waals surface area contributed by atoms with E-state index in [0.29, 0.717) is 34.0 Å². The van der Waals surface area contributed by atoms with Crippen LogP contribution in [-0.2, 0) is 6.54 Å². The van der Waals surface area contributed by atoms with Crippen molar-refractivity contribution in [3.8, 4) is 17.0 Å². The van der Waals surface area contributed by atoms with Gasteiger partial charge in [-0.1, -0.05) is 24.3 Å². The van der Waals surface area contributed by atoms with E-state index in [9.17, 15) is 9.18 Å². The Balaban J connectivity index is 1.47. The summed E-state index contributed by atoms with van der Waals surface area (Å²) in [5, 5.41) is 14.1. The fraction of sp³-hybridized carbons (Fsp3) is 0.0952. The van der Waals surface area contributed by atoms with Gasteiger partial charge in [-0.25, -0.2) is 4.39 Å². The lowest BCUT2D eigenvalue weighted by atomic mass is 10.1. The minimum atomic E-state index is -0.371. The van der Waals surface area contributed by atoms with Gasteiger partial charge in [-0.2, -0.15) is 10.2 Å². The molecule has 9 heteroatoms. The minimum Gasteiger partial charge on any atom is -0.497 e. The number of ether oxygens (including phenoxy) is 1. The van der Waals surface area contributed by atoms with Gasteiger partial charge in [0.15, 0.2) is 5.82 Å². The predicted molar refractivity (Wildman–Crippen MR) is 114 cm³/mol. The zero-order chi connectivity index (χ0) is 21.1. The van der Waals surface area contributed by atoms with Crippen LogP contribution in [0.2, 0.25) is 0 Å². The van der Waals surface area contributed by atoms with Crippen LogP contribution in [0.25, 0.3) is 11.3 Å². The molecule has 0 spiro atoms. The number of aromatic nitrogens is 4. The second-order valence-corrected chi connectivity index (χ2v) is 7.36. The lowest BCUT2D eigenvalue weighted by molar-refractivity contribution is 0.102. The number of benzene rings is 2. The molecule has 0 aliphatic rings. The average Bonchev–Trinajstić information content (AvgIpc) is 3.37. The number of amides is 1. The summed E-state index contributed by atoms with van der Waals surface area (Å²) in [5.41, 5.74) is 2.64. The summed E-state index contributed by atoms with van der Waals surface area (Å²) >= 11 is 3.40. The van der Waals surface area contributed by atoms with Crippen molar-refractivity contribution in [2.75, 3.05) is 12.4 Å². The van der Waals surface area contributed by atoms with Crippen LogP contribution < -0.4 is 10.1 Å². The molecule has 0 radical (unpaired) electrons. The molecule has 0 fully saturated rings. The lowest BCUT2D eigenvalue weighted by Crippen LogP contribution is -2.13. The maximum atomic E-state index is 13.1. The van der Waals surface area contributed by atoms with E-state index in [-0.39, 0.29) is 11.7 Å². The van der Waals surface area contributed by atoms with Crippen LogP contribution in [0.5, 0.6) is 5.75 Å². The highest BCUT2D eigenvalue weighted by Gasteiger charge is 2.15. The number of methoxy groups -OCH3 is 1. The van der Waals surface area contributed by atoms with Crippen molar-refractivity contribution in [1.29, 1.82) is 0 Å². The number of aromatic amines is 1. The molecule has 152 valence electrons. The van der Waals surface area contributed by atoms with Crippen molar-refractivity contribution in [2.24, 2.45) is 0 Å². The quantitative estimate of drug-likeness (QED) is 0.435. The summed E-state index contributed by atoms with van der Waals surface area (Å²) in [6.45, 7) is 0.443. The van der Waals surface area contributed by atoms with Crippen molar-refractivity contribution in [1.82, 2.24) is 20.0 Å². The highest BCUT2D eigenvalue weighted by Crippen LogP contribution is 2.24. The Morgan fingerprint density at radius 1 is 1.23 bits per heavy atom. The third-order valence-electron chi connectivity index (χ3n) is 4.39. The fourth-order valence-electron chi connectivity index (χ4n) is 2.88. The van der Waals surface area contributed by atoms with Gasteiger partial charge in [0.1, 0.15) is 17.3 Å². The van der Waals surface area contributed by atoms with Gasteiger partial charge in [0, 0.05) is 11.8 Å².